The first-order valence-corrected chi connectivity index (χ1v) is 13.5. The number of piperidine rings is 1. The van der Waals surface area contributed by atoms with Crippen LogP contribution in [0, 0.1) is 5.92 Å². The fraction of sp³-hybridized carbons (Fsp3) is 0.552. The van der Waals surface area contributed by atoms with E-state index in [0.29, 0.717) is 37.7 Å². The molecule has 198 valence electrons. The molecule has 0 bridgehead atoms. The number of phenolic OH excluding ortho intramolecular Hbond substituents is 1. The Morgan fingerprint density at radius 2 is 1.83 bits per heavy atom. The average molecular weight is 497 g/mol. The monoisotopic (exact) mass is 496 g/mol. The van der Waals surface area contributed by atoms with Crippen molar-refractivity contribution < 1.29 is 15.0 Å². The van der Waals surface area contributed by atoms with E-state index in [1.165, 1.54) is 5.56 Å². The van der Waals surface area contributed by atoms with Crippen LogP contribution in [-0.4, -0.2) is 59.8 Å². The molecule has 36 heavy (non-hydrogen) atoms. The highest BCUT2D eigenvalue weighted by Gasteiger charge is 2.28. The van der Waals surface area contributed by atoms with E-state index in [-0.39, 0.29) is 17.7 Å². The van der Waals surface area contributed by atoms with Crippen LogP contribution in [0.15, 0.2) is 48.5 Å². The molecule has 0 aliphatic carbocycles. The van der Waals surface area contributed by atoms with Crippen molar-refractivity contribution in [2.75, 3.05) is 38.0 Å². The Labute approximate surface area is 216 Å². The van der Waals surface area contributed by atoms with Crippen LogP contribution in [0.4, 0.5) is 5.69 Å². The van der Waals surface area contributed by atoms with Gasteiger partial charge in [0, 0.05) is 25.6 Å². The number of phenols is 1. The lowest BCUT2D eigenvalue weighted by molar-refractivity contribution is -0.121. The second kappa shape index (κ2) is 14.8. The predicted octanol–water partition coefficient (Wildman–Crippen LogP) is 3.82. The maximum absolute atomic E-state index is 11.9. The number of unbranched alkanes of at least 4 members (excludes halogenated alkanes) is 2. The molecule has 1 fully saturated rings. The van der Waals surface area contributed by atoms with E-state index < -0.39 is 6.10 Å². The van der Waals surface area contributed by atoms with E-state index in [0.717, 1.165) is 57.2 Å². The number of benzene rings is 2. The summed E-state index contributed by atoms with van der Waals surface area (Å²) in [6, 6.07) is 15.9. The molecule has 1 heterocycles. The zero-order chi connectivity index (χ0) is 25.8. The number of rotatable bonds is 14. The van der Waals surface area contributed by atoms with E-state index >= 15 is 0 Å². The lowest BCUT2D eigenvalue weighted by atomic mass is 9.89. The van der Waals surface area contributed by atoms with E-state index in [1.807, 2.05) is 6.07 Å². The highest BCUT2D eigenvalue weighted by molar-refractivity contribution is 5.75. The van der Waals surface area contributed by atoms with Crippen LogP contribution >= 0.6 is 0 Å². The van der Waals surface area contributed by atoms with Gasteiger partial charge in [0.2, 0.25) is 5.91 Å². The minimum Gasteiger partial charge on any atom is -0.506 e. The van der Waals surface area contributed by atoms with E-state index in [4.69, 9.17) is 5.73 Å². The molecule has 1 saturated heterocycles. The molecule has 7 nitrogen and oxygen atoms in total. The fourth-order valence-electron chi connectivity index (χ4n) is 4.96. The smallest absolute Gasteiger partial charge is 0.220 e. The summed E-state index contributed by atoms with van der Waals surface area (Å²) in [7, 11) is 0. The number of likely N-dealkylation sites (tertiary alicyclic amines) is 1. The van der Waals surface area contributed by atoms with Gasteiger partial charge in [0.25, 0.3) is 0 Å². The Bertz CT molecular complexity index is 916. The third-order valence-corrected chi connectivity index (χ3v) is 7.28. The van der Waals surface area contributed by atoms with Gasteiger partial charge in [-0.15, -0.1) is 0 Å². The zero-order valence-corrected chi connectivity index (χ0v) is 21.7. The van der Waals surface area contributed by atoms with Gasteiger partial charge in [-0.1, -0.05) is 42.8 Å². The van der Waals surface area contributed by atoms with Crippen molar-refractivity contribution in [2.24, 2.45) is 11.7 Å². The molecule has 6 N–H and O–H groups in total. The lowest BCUT2D eigenvalue weighted by Gasteiger charge is -2.38. The number of nitrogens with one attached hydrogen (secondary N) is 2. The summed E-state index contributed by atoms with van der Waals surface area (Å²) in [6.45, 7) is 5.65. The van der Waals surface area contributed by atoms with Crippen molar-refractivity contribution in [3.8, 4) is 5.75 Å². The van der Waals surface area contributed by atoms with Crippen LogP contribution in [0.2, 0.25) is 0 Å². The first kappa shape index (κ1) is 28.0. The van der Waals surface area contributed by atoms with Crippen molar-refractivity contribution in [1.82, 2.24) is 10.2 Å². The topological polar surface area (TPSA) is 111 Å². The molecule has 3 rings (SSSR count). The molecule has 0 radical (unpaired) electrons. The molecule has 2 atom stereocenters. The molecule has 0 unspecified atom stereocenters. The Morgan fingerprint density at radius 1 is 1.08 bits per heavy atom. The largest absolute Gasteiger partial charge is 0.506 e. The third kappa shape index (κ3) is 8.80. The summed E-state index contributed by atoms with van der Waals surface area (Å²) in [5.74, 6) is 0.848. The van der Waals surface area contributed by atoms with Gasteiger partial charge >= 0.3 is 0 Å². The predicted molar refractivity (Wildman–Crippen MR) is 146 cm³/mol. The molecule has 7 heteroatoms. The molecule has 1 amide bonds. The number of aromatic hydroxyl groups is 1. The van der Waals surface area contributed by atoms with Gasteiger partial charge in [0.05, 0.1) is 11.8 Å². The van der Waals surface area contributed by atoms with Gasteiger partial charge in [-0.3, -0.25) is 9.69 Å². The van der Waals surface area contributed by atoms with Gasteiger partial charge in [-0.2, -0.15) is 0 Å². The van der Waals surface area contributed by atoms with Crippen molar-refractivity contribution >= 4 is 11.6 Å². The van der Waals surface area contributed by atoms with Gasteiger partial charge < -0.3 is 26.6 Å². The van der Waals surface area contributed by atoms with Crippen LogP contribution in [0.1, 0.15) is 62.7 Å². The van der Waals surface area contributed by atoms with E-state index in [2.05, 4.69) is 52.8 Å². The summed E-state index contributed by atoms with van der Waals surface area (Å²) in [5.41, 5.74) is 8.22. The van der Waals surface area contributed by atoms with E-state index in [1.54, 1.807) is 12.1 Å². The van der Waals surface area contributed by atoms with Crippen LogP contribution in [0.5, 0.6) is 5.75 Å². The number of nitrogens with two attached hydrogens (primary N) is 1. The highest BCUT2D eigenvalue weighted by Crippen LogP contribution is 2.31. The Morgan fingerprint density at radius 3 is 2.56 bits per heavy atom. The van der Waals surface area contributed by atoms with Crippen molar-refractivity contribution in [3.05, 3.63) is 59.7 Å². The number of amides is 1. The Kier molecular flexibility index (Phi) is 11.5. The molecule has 0 saturated carbocycles. The Hall–Kier alpha value is -2.61. The molecule has 0 spiro atoms. The number of aliphatic hydroxyl groups excluding tert-OH is 1. The van der Waals surface area contributed by atoms with Crippen molar-refractivity contribution in [2.45, 2.75) is 64.0 Å². The second-order valence-corrected chi connectivity index (χ2v) is 10.0. The average Bonchev–Trinajstić information content (AvgIpc) is 2.90. The number of aliphatic hydroxyl groups is 1. The Balaban J connectivity index is 1.44. The molecular weight excluding hydrogens is 452 g/mol. The third-order valence-electron chi connectivity index (χ3n) is 7.28. The fourth-order valence-corrected chi connectivity index (χ4v) is 4.96. The molecule has 1 aliphatic rings. The van der Waals surface area contributed by atoms with Gasteiger partial charge in [0.15, 0.2) is 0 Å². The second-order valence-electron chi connectivity index (χ2n) is 10.0. The molecule has 1 aliphatic heterocycles. The molecule has 0 aromatic heterocycles. The quantitative estimate of drug-likeness (QED) is 0.201. The number of hydrogen-bond donors (Lipinski definition) is 5. The first-order valence-electron chi connectivity index (χ1n) is 13.5. The maximum atomic E-state index is 11.9. The number of hydrogen-bond acceptors (Lipinski definition) is 6. The van der Waals surface area contributed by atoms with E-state index in [9.17, 15) is 15.0 Å². The number of carbonyl (C=O) groups excluding carboxylic acids is 1. The number of nitrogens with zero attached hydrogens (tertiary/aromatic N) is 1. The van der Waals surface area contributed by atoms with Crippen molar-refractivity contribution in [1.29, 1.82) is 0 Å². The van der Waals surface area contributed by atoms with Crippen LogP contribution in [-0.2, 0) is 11.2 Å². The number of anilines is 1. The molecule has 2 aromatic rings. The van der Waals surface area contributed by atoms with Crippen LogP contribution < -0.4 is 16.4 Å². The summed E-state index contributed by atoms with van der Waals surface area (Å²) < 4.78 is 0. The normalized spacial score (nSPS) is 16.4. The summed E-state index contributed by atoms with van der Waals surface area (Å²) in [6.07, 6.45) is 6.00. The summed E-state index contributed by atoms with van der Waals surface area (Å²) in [4.78, 5) is 14.3. The molecular formula is C29H44N4O3. The number of carbonyl (C=O) groups is 1. The molecule has 2 aromatic carbocycles. The first-order chi connectivity index (χ1) is 17.5. The SMILES string of the molecule is C[C@H]([C@H](O)c1ccc(O)c(NCCNC(=O)CCCCCN)c1)N1CCC(Cc2ccccc2)CC1. The highest BCUT2D eigenvalue weighted by atomic mass is 16.3. The van der Waals surface area contributed by atoms with Crippen LogP contribution in [0.25, 0.3) is 0 Å². The van der Waals surface area contributed by atoms with Gasteiger partial charge in [-0.25, -0.2) is 0 Å². The van der Waals surface area contributed by atoms with Crippen molar-refractivity contribution in [3.63, 3.8) is 0 Å². The summed E-state index contributed by atoms with van der Waals surface area (Å²) >= 11 is 0. The minimum absolute atomic E-state index is 0.0152. The standard InChI is InChI=1S/C29H44N4O3/c1-22(33-18-13-24(14-19-33)20-23-8-4-2-5-9-23)29(36)25-11-12-27(34)26(21-25)31-16-17-32-28(35)10-6-3-7-15-30/h2,4-5,8-9,11-12,21-22,24,29,31,34,36H,3,6-7,10,13-20,30H2,1H3,(H,32,35)/t22-,29+/m1/s1. The zero-order valence-electron chi connectivity index (χ0n) is 21.7. The van der Waals surface area contributed by atoms with Gasteiger partial charge in [0.1, 0.15) is 5.75 Å². The summed E-state index contributed by atoms with van der Waals surface area (Å²) in [5, 5.41) is 27.5. The van der Waals surface area contributed by atoms with Crippen LogP contribution in [0.3, 0.4) is 0 Å². The maximum Gasteiger partial charge on any atom is 0.220 e. The van der Waals surface area contributed by atoms with Gasteiger partial charge in [-0.05, 0) is 87.8 Å². The minimum atomic E-state index is -0.648. The lowest BCUT2D eigenvalue weighted by Crippen LogP contribution is -2.43.